The standard InChI is InChI=1S/C35H33F2NO4/c1-3-25(34(39)27-10-14-28(36)15-11-27)22-32(35(40)41-4-2)33(38-30-18-16-29(37)17-19-30)26-12-20-31(21-13-26)42-23-24-8-6-5-7-9-24/h3,5-21,32-33,38H,4,22-23H2,1-2H3/b25-3-. The van der Waals surface area contributed by atoms with Crippen LogP contribution in [0, 0.1) is 17.6 Å². The van der Waals surface area contributed by atoms with Gasteiger partial charge in [0.05, 0.1) is 18.6 Å². The van der Waals surface area contributed by atoms with Crippen molar-refractivity contribution >= 4 is 17.4 Å². The molecule has 4 aromatic carbocycles. The average Bonchev–Trinajstić information content (AvgIpc) is 3.02. The zero-order chi connectivity index (χ0) is 29.9. The molecular weight excluding hydrogens is 536 g/mol. The Balaban J connectivity index is 1.65. The van der Waals surface area contributed by atoms with E-state index < -0.39 is 23.7 Å². The molecule has 216 valence electrons. The third-order valence-electron chi connectivity index (χ3n) is 6.83. The van der Waals surface area contributed by atoms with Crippen LogP contribution in [-0.4, -0.2) is 18.4 Å². The van der Waals surface area contributed by atoms with Crippen LogP contribution in [0.3, 0.4) is 0 Å². The van der Waals surface area contributed by atoms with Crippen molar-refractivity contribution < 1.29 is 27.8 Å². The minimum Gasteiger partial charge on any atom is -0.489 e. The Morgan fingerprint density at radius 2 is 1.45 bits per heavy atom. The van der Waals surface area contributed by atoms with Crippen LogP contribution < -0.4 is 10.1 Å². The molecule has 0 aliphatic carbocycles. The molecule has 4 rings (SSSR count). The van der Waals surface area contributed by atoms with Crippen LogP contribution in [0.1, 0.15) is 47.8 Å². The number of ether oxygens (including phenoxy) is 2. The van der Waals surface area contributed by atoms with Crippen molar-refractivity contribution in [1.82, 2.24) is 0 Å². The van der Waals surface area contributed by atoms with Crippen molar-refractivity contribution in [3.63, 3.8) is 0 Å². The van der Waals surface area contributed by atoms with Crippen LogP contribution in [0.5, 0.6) is 5.75 Å². The van der Waals surface area contributed by atoms with Gasteiger partial charge in [0.2, 0.25) is 0 Å². The van der Waals surface area contributed by atoms with Crippen molar-refractivity contribution in [1.29, 1.82) is 0 Å². The Morgan fingerprint density at radius 1 is 0.833 bits per heavy atom. The largest absolute Gasteiger partial charge is 0.489 e. The molecule has 0 aliphatic heterocycles. The molecule has 0 bridgehead atoms. The molecule has 1 N–H and O–H groups in total. The maximum absolute atomic E-state index is 13.7. The van der Waals surface area contributed by atoms with Gasteiger partial charge < -0.3 is 14.8 Å². The molecule has 42 heavy (non-hydrogen) atoms. The average molecular weight is 570 g/mol. The molecule has 4 aromatic rings. The number of hydrogen-bond donors (Lipinski definition) is 1. The first-order chi connectivity index (χ1) is 20.4. The Labute approximate surface area is 244 Å². The van der Waals surface area contributed by atoms with Crippen molar-refractivity contribution in [3.05, 3.63) is 143 Å². The van der Waals surface area contributed by atoms with Crippen molar-refractivity contribution in [2.45, 2.75) is 32.9 Å². The molecule has 0 spiro atoms. The number of anilines is 1. The lowest BCUT2D eigenvalue weighted by Crippen LogP contribution is -2.31. The number of nitrogens with one attached hydrogen (secondary N) is 1. The van der Waals surface area contributed by atoms with E-state index in [0.29, 0.717) is 29.2 Å². The van der Waals surface area contributed by atoms with Crippen molar-refractivity contribution in [2.24, 2.45) is 5.92 Å². The lowest BCUT2D eigenvalue weighted by Gasteiger charge is -2.29. The number of Topliss-reactive ketones (excluding diaryl/α,β-unsaturated/α-hetero) is 1. The molecule has 0 saturated heterocycles. The fourth-order valence-corrected chi connectivity index (χ4v) is 4.61. The van der Waals surface area contributed by atoms with Crippen molar-refractivity contribution in [2.75, 3.05) is 11.9 Å². The van der Waals surface area contributed by atoms with E-state index in [2.05, 4.69) is 5.32 Å². The highest BCUT2D eigenvalue weighted by atomic mass is 19.1. The van der Waals surface area contributed by atoms with Crippen molar-refractivity contribution in [3.8, 4) is 5.75 Å². The number of halogens is 2. The van der Waals surface area contributed by atoms with Gasteiger partial charge in [0.1, 0.15) is 24.0 Å². The van der Waals surface area contributed by atoms with Crippen LogP contribution in [0.25, 0.3) is 0 Å². The summed E-state index contributed by atoms with van der Waals surface area (Å²) in [5, 5.41) is 3.36. The van der Waals surface area contributed by atoms with Gasteiger partial charge in [-0.05, 0) is 97.6 Å². The second kappa shape index (κ2) is 14.7. The predicted octanol–water partition coefficient (Wildman–Crippen LogP) is 8.10. The number of carbonyl (C=O) groups is 2. The lowest BCUT2D eigenvalue weighted by atomic mass is 9.85. The zero-order valence-electron chi connectivity index (χ0n) is 23.6. The van der Waals surface area contributed by atoms with Crippen LogP contribution in [-0.2, 0) is 16.1 Å². The maximum atomic E-state index is 13.7. The summed E-state index contributed by atoms with van der Waals surface area (Å²) in [7, 11) is 0. The van der Waals surface area contributed by atoms with Gasteiger partial charge in [-0.25, -0.2) is 8.78 Å². The van der Waals surface area contributed by atoms with Crippen LogP contribution in [0.4, 0.5) is 14.5 Å². The topological polar surface area (TPSA) is 64.6 Å². The Bertz CT molecular complexity index is 1490. The molecule has 2 unspecified atom stereocenters. The lowest BCUT2D eigenvalue weighted by molar-refractivity contribution is -0.148. The summed E-state index contributed by atoms with van der Waals surface area (Å²) < 4.78 is 38.6. The zero-order valence-corrected chi connectivity index (χ0v) is 23.6. The SMILES string of the molecule is C/C=C(/CC(C(=O)OCC)C(Nc1ccc(F)cc1)c1ccc(OCc2ccccc2)cc1)C(=O)c1ccc(F)cc1. The van der Waals surface area contributed by atoms with Gasteiger partial charge >= 0.3 is 5.97 Å². The van der Waals surface area contributed by atoms with E-state index in [1.54, 1.807) is 32.1 Å². The number of ketones is 1. The number of carbonyl (C=O) groups excluding carboxylic acids is 2. The van der Waals surface area contributed by atoms with Gasteiger partial charge in [-0.15, -0.1) is 0 Å². The molecule has 5 nitrogen and oxygen atoms in total. The normalized spacial score (nSPS) is 12.7. The Kier molecular flexibility index (Phi) is 10.6. The van der Waals surface area contributed by atoms with E-state index in [-0.39, 0.29) is 24.6 Å². The van der Waals surface area contributed by atoms with Gasteiger partial charge in [0.15, 0.2) is 5.78 Å². The summed E-state index contributed by atoms with van der Waals surface area (Å²) in [6.07, 6.45) is 1.71. The van der Waals surface area contributed by atoms with E-state index in [0.717, 1.165) is 11.1 Å². The highest BCUT2D eigenvalue weighted by molar-refractivity contribution is 6.08. The van der Waals surface area contributed by atoms with E-state index in [1.165, 1.54) is 36.4 Å². The smallest absolute Gasteiger partial charge is 0.311 e. The fourth-order valence-electron chi connectivity index (χ4n) is 4.61. The van der Waals surface area contributed by atoms with E-state index in [4.69, 9.17) is 9.47 Å². The molecule has 7 heteroatoms. The van der Waals surface area contributed by atoms with Gasteiger partial charge in [0.25, 0.3) is 0 Å². The molecule has 0 aromatic heterocycles. The molecule has 0 fully saturated rings. The number of rotatable bonds is 13. The molecule has 0 heterocycles. The third kappa shape index (κ3) is 8.13. The highest BCUT2D eigenvalue weighted by Gasteiger charge is 2.33. The molecule has 2 atom stereocenters. The summed E-state index contributed by atoms with van der Waals surface area (Å²) in [4.78, 5) is 26.8. The monoisotopic (exact) mass is 569 g/mol. The number of esters is 1. The minimum atomic E-state index is -0.832. The van der Waals surface area contributed by atoms with E-state index >= 15 is 0 Å². The Hall–Kier alpha value is -4.78. The first-order valence-electron chi connectivity index (χ1n) is 13.8. The summed E-state index contributed by atoms with van der Waals surface area (Å²) in [5.74, 6) is -1.82. The number of hydrogen-bond acceptors (Lipinski definition) is 5. The first-order valence-corrected chi connectivity index (χ1v) is 13.8. The summed E-state index contributed by atoms with van der Waals surface area (Å²) in [6.45, 7) is 4.00. The number of allylic oxidation sites excluding steroid dienone is 2. The second-order valence-corrected chi connectivity index (χ2v) is 9.68. The number of benzene rings is 4. The van der Waals surface area contributed by atoms with Gasteiger partial charge in [0, 0.05) is 11.3 Å². The second-order valence-electron chi connectivity index (χ2n) is 9.68. The maximum Gasteiger partial charge on any atom is 0.311 e. The van der Waals surface area contributed by atoms with E-state index in [1.807, 2.05) is 54.6 Å². The molecular formula is C35H33F2NO4. The molecule has 0 radical (unpaired) electrons. The quantitative estimate of drug-likeness (QED) is 0.100. The molecule has 0 amide bonds. The van der Waals surface area contributed by atoms with Gasteiger partial charge in [-0.2, -0.15) is 0 Å². The summed E-state index contributed by atoms with van der Waals surface area (Å²) in [5.41, 5.74) is 3.06. The molecule has 0 aliphatic rings. The van der Waals surface area contributed by atoms with E-state index in [9.17, 15) is 18.4 Å². The van der Waals surface area contributed by atoms with Gasteiger partial charge in [-0.1, -0.05) is 48.5 Å². The fraction of sp³-hybridized carbons (Fsp3) is 0.200. The molecule has 0 saturated carbocycles. The van der Waals surface area contributed by atoms with Crippen LogP contribution in [0.2, 0.25) is 0 Å². The predicted molar refractivity (Wildman–Crippen MR) is 159 cm³/mol. The Morgan fingerprint density at radius 3 is 2.05 bits per heavy atom. The first kappa shape index (κ1) is 30.2. The van der Waals surface area contributed by atoms with Crippen LogP contribution >= 0.6 is 0 Å². The third-order valence-corrected chi connectivity index (χ3v) is 6.83. The van der Waals surface area contributed by atoms with Gasteiger partial charge in [-0.3, -0.25) is 9.59 Å². The summed E-state index contributed by atoms with van der Waals surface area (Å²) >= 11 is 0. The minimum absolute atomic E-state index is 0.0522. The highest BCUT2D eigenvalue weighted by Crippen LogP contribution is 2.34. The summed E-state index contributed by atoms with van der Waals surface area (Å²) in [6, 6.07) is 27.6. The van der Waals surface area contributed by atoms with Crippen LogP contribution in [0.15, 0.2) is 115 Å².